The lowest BCUT2D eigenvalue weighted by molar-refractivity contribution is 0.321. The van der Waals surface area contributed by atoms with Crippen molar-refractivity contribution < 1.29 is 8.42 Å². The molecule has 0 saturated carbocycles. The van der Waals surface area contributed by atoms with Gasteiger partial charge < -0.3 is 10.2 Å². The van der Waals surface area contributed by atoms with Gasteiger partial charge in [-0.1, -0.05) is 32.9 Å². The molecule has 4 rings (SSSR count). The van der Waals surface area contributed by atoms with Gasteiger partial charge in [0.05, 0.1) is 17.9 Å². The van der Waals surface area contributed by atoms with Crippen LogP contribution in [0.1, 0.15) is 39.2 Å². The second-order valence-electron chi connectivity index (χ2n) is 9.01. The van der Waals surface area contributed by atoms with Gasteiger partial charge in [0, 0.05) is 42.6 Å². The molecule has 0 unspecified atom stereocenters. The van der Waals surface area contributed by atoms with Gasteiger partial charge in [-0.2, -0.15) is 5.26 Å². The molecule has 192 valence electrons. The van der Waals surface area contributed by atoms with Crippen molar-refractivity contribution in [2.24, 2.45) is 0 Å². The molecule has 7 nitrogen and oxygen atoms in total. The summed E-state index contributed by atoms with van der Waals surface area (Å²) in [5, 5.41) is 14.9. The number of nitriles is 1. The number of aromatic nitrogens is 1. The van der Waals surface area contributed by atoms with Crippen LogP contribution in [0.3, 0.4) is 0 Å². The van der Waals surface area contributed by atoms with Crippen molar-refractivity contribution in [2.75, 3.05) is 44.3 Å². The summed E-state index contributed by atoms with van der Waals surface area (Å²) in [6.45, 7) is 11.2. The number of piperidine rings is 1. The number of anilines is 1. The Bertz CT molecular complexity index is 1290. The maximum absolute atomic E-state index is 11.8. The first-order chi connectivity index (χ1) is 17.3. The number of nitrogens with zero attached hydrogens (tertiary/aromatic N) is 4. The molecule has 8 heteroatoms. The minimum Gasteiger partial charge on any atom is -0.382 e. The third-order valence-electron chi connectivity index (χ3n) is 6.71. The average Bonchev–Trinajstić information content (AvgIpc) is 2.90. The Balaban J connectivity index is 0.000000454. The normalized spacial score (nSPS) is 14.8. The van der Waals surface area contributed by atoms with E-state index in [-0.39, 0.29) is 6.04 Å². The first-order valence-corrected chi connectivity index (χ1v) is 14.5. The highest BCUT2D eigenvalue weighted by atomic mass is 32.2. The van der Waals surface area contributed by atoms with E-state index in [1.807, 2.05) is 30.5 Å². The highest BCUT2D eigenvalue weighted by molar-refractivity contribution is 7.88. The average molecular weight is 508 g/mol. The number of benzene rings is 2. The predicted molar refractivity (Wildman–Crippen MR) is 148 cm³/mol. The molecule has 2 aromatic carbocycles. The molecule has 0 spiro atoms. The van der Waals surface area contributed by atoms with E-state index in [4.69, 9.17) is 0 Å². The van der Waals surface area contributed by atoms with Crippen molar-refractivity contribution in [1.29, 1.82) is 5.26 Å². The van der Waals surface area contributed by atoms with Gasteiger partial charge in [0.1, 0.15) is 0 Å². The zero-order chi connectivity index (χ0) is 26.1. The maximum Gasteiger partial charge on any atom is 0.211 e. The Morgan fingerprint density at radius 2 is 1.75 bits per heavy atom. The molecule has 1 aliphatic rings. The van der Waals surface area contributed by atoms with Crippen LogP contribution in [0.2, 0.25) is 0 Å². The van der Waals surface area contributed by atoms with Crippen molar-refractivity contribution in [3.63, 3.8) is 0 Å². The molecule has 1 aromatic heterocycles. The summed E-state index contributed by atoms with van der Waals surface area (Å²) in [5.74, 6) is 0. The third-order valence-corrected chi connectivity index (χ3v) is 8.01. The summed E-state index contributed by atoms with van der Waals surface area (Å²) in [6, 6.07) is 16.1. The van der Waals surface area contributed by atoms with E-state index >= 15 is 0 Å². The molecule has 0 amide bonds. The number of hydrogen-bond acceptors (Lipinski definition) is 6. The fourth-order valence-corrected chi connectivity index (χ4v) is 5.35. The van der Waals surface area contributed by atoms with E-state index in [1.54, 1.807) is 12.3 Å². The SMILES string of the molecule is CCN(CC)CC.CS(=O)(=O)N1CCC(Nc2cc(-c3cccc(C#N)c3)cc3ccncc23)CC1. The highest BCUT2D eigenvalue weighted by Gasteiger charge is 2.25. The molecule has 0 radical (unpaired) electrons. The fraction of sp³-hybridized carbons (Fsp3) is 0.429. The third kappa shape index (κ3) is 7.26. The van der Waals surface area contributed by atoms with Gasteiger partial charge in [-0.15, -0.1) is 0 Å². The van der Waals surface area contributed by atoms with Gasteiger partial charge in [-0.05, 0) is 79.3 Å². The lowest BCUT2D eigenvalue weighted by Gasteiger charge is -2.31. The summed E-state index contributed by atoms with van der Waals surface area (Å²) in [6.07, 6.45) is 6.38. The molecular weight excluding hydrogens is 470 g/mol. The lowest BCUT2D eigenvalue weighted by Crippen LogP contribution is -2.41. The number of fused-ring (bicyclic) bond motifs is 1. The van der Waals surface area contributed by atoms with Crippen LogP contribution in [0.25, 0.3) is 21.9 Å². The molecule has 0 bridgehead atoms. The quantitative estimate of drug-likeness (QED) is 0.486. The summed E-state index contributed by atoms with van der Waals surface area (Å²) in [7, 11) is -3.14. The van der Waals surface area contributed by atoms with Crippen LogP contribution < -0.4 is 5.32 Å². The maximum atomic E-state index is 11.8. The summed E-state index contributed by atoms with van der Waals surface area (Å²) in [5.41, 5.74) is 3.61. The van der Waals surface area contributed by atoms with Gasteiger partial charge >= 0.3 is 0 Å². The molecular formula is C28H37N5O2S. The van der Waals surface area contributed by atoms with E-state index in [0.29, 0.717) is 18.7 Å². The van der Waals surface area contributed by atoms with Crippen LogP contribution in [-0.4, -0.2) is 67.6 Å². The van der Waals surface area contributed by atoms with Crippen LogP contribution in [0.15, 0.2) is 54.9 Å². The monoisotopic (exact) mass is 507 g/mol. The van der Waals surface area contributed by atoms with Crippen molar-refractivity contribution in [1.82, 2.24) is 14.2 Å². The lowest BCUT2D eigenvalue weighted by atomic mass is 9.98. The number of rotatable bonds is 7. The van der Waals surface area contributed by atoms with E-state index in [0.717, 1.165) is 40.4 Å². The largest absolute Gasteiger partial charge is 0.382 e. The van der Waals surface area contributed by atoms with E-state index in [9.17, 15) is 13.7 Å². The van der Waals surface area contributed by atoms with Gasteiger partial charge in [0.2, 0.25) is 10.0 Å². The van der Waals surface area contributed by atoms with Crippen LogP contribution >= 0.6 is 0 Å². The van der Waals surface area contributed by atoms with Gasteiger partial charge in [0.15, 0.2) is 0 Å². The zero-order valence-corrected chi connectivity index (χ0v) is 22.6. The molecule has 1 aliphatic heterocycles. The minimum atomic E-state index is -3.14. The van der Waals surface area contributed by atoms with Crippen LogP contribution in [0.5, 0.6) is 0 Å². The Morgan fingerprint density at radius 3 is 2.33 bits per heavy atom. The number of sulfonamides is 1. The fourth-order valence-electron chi connectivity index (χ4n) is 4.48. The second-order valence-corrected chi connectivity index (χ2v) is 11.0. The molecule has 1 saturated heterocycles. The second kappa shape index (κ2) is 12.8. The van der Waals surface area contributed by atoms with E-state index in [2.05, 4.69) is 54.2 Å². The first-order valence-electron chi connectivity index (χ1n) is 12.6. The molecule has 0 aliphatic carbocycles. The van der Waals surface area contributed by atoms with Gasteiger partial charge in [-0.3, -0.25) is 4.98 Å². The smallest absolute Gasteiger partial charge is 0.211 e. The van der Waals surface area contributed by atoms with E-state index < -0.39 is 10.0 Å². The van der Waals surface area contributed by atoms with Gasteiger partial charge in [0.25, 0.3) is 0 Å². The Hall–Kier alpha value is -2.99. The number of nitrogens with one attached hydrogen (secondary N) is 1. The van der Waals surface area contributed by atoms with Gasteiger partial charge in [-0.25, -0.2) is 12.7 Å². The minimum absolute atomic E-state index is 0.192. The Morgan fingerprint density at radius 1 is 1.06 bits per heavy atom. The van der Waals surface area contributed by atoms with Crippen molar-refractivity contribution in [3.05, 3.63) is 60.4 Å². The summed E-state index contributed by atoms with van der Waals surface area (Å²) < 4.78 is 25.0. The topological polar surface area (TPSA) is 89.3 Å². The molecule has 3 aromatic rings. The van der Waals surface area contributed by atoms with Crippen molar-refractivity contribution in [3.8, 4) is 17.2 Å². The van der Waals surface area contributed by atoms with Crippen LogP contribution in [-0.2, 0) is 10.0 Å². The van der Waals surface area contributed by atoms with Crippen molar-refractivity contribution >= 4 is 26.5 Å². The predicted octanol–water partition coefficient (Wildman–Crippen LogP) is 4.96. The van der Waals surface area contributed by atoms with Crippen LogP contribution in [0, 0.1) is 11.3 Å². The first kappa shape index (κ1) is 27.6. The standard InChI is InChI=1S/C22H22N4O2S.C6H15N/c1-29(27,28)26-9-6-20(7-10-26)25-22-13-19(12-18-5-8-24-15-21(18)22)17-4-2-3-16(11-17)14-23;1-4-7(5-2)6-3/h2-5,8,11-13,15,20,25H,6-7,9-10H2,1H3;4-6H2,1-3H3. The highest BCUT2D eigenvalue weighted by Crippen LogP contribution is 2.32. The molecule has 36 heavy (non-hydrogen) atoms. The van der Waals surface area contributed by atoms with Crippen molar-refractivity contribution in [2.45, 2.75) is 39.7 Å². The Labute approximate surface area is 215 Å². The summed E-state index contributed by atoms with van der Waals surface area (Å²) in [4.78, 5) is 6.65. The number of pyridine rings is 1. The number of hydrogen-bond donors (Lipinski definition) is 1. The zero-order valence-electron chi connectivity index (χ0n) is 21.7. The van der Waals surface area contributed by atoms with E-state index in [1.165, 1.54) is 30.2 Å². The van der Waals surface area contributed by atoms with Crippen LogP contribution in [0.4, 0.5) is 5.69 Å². The Kier molecular flexibility index (Phi) is 9.82. The molecule has 1 fully saturated rings. The molecule has 0 atom stereocenters. The molecule has 1 N–H and O–H groups in total. The summed E-state index contributed by atoms with van der Waals surface area (Å²) >= 11 is 0. The molecule has 2 heterocycles.